The highest BCUT2D eigenvalue weighted by Gasteiger charge is 2.27. The van der Waals surface area contributed by atoms with Gasteiger partial charge in [0.1, 0.15) is 5.69 Å². The summed E-state index contributed by atoms with van der Waals surface area (Å²) in [5.74, 6) is -3.00. The van der Waals surface area contributed by atoms with Gasteiger partial charge in [0.25, 0.3) is 11.5 Å². The topological polar surface area (TPSA) is 77.2 Å². The van der Waals surface area contributed by atoms with Crippen molar-refractivity contribution >= 4 is 21.7 Å². The molecule has 4 aromatic rings. The number of aliphatic hydroxyl groups is 1. The van der Waals surface area contributed by atoms with Crippen LogP contribution >= 0.6 is 0 Å². The van der Waals surface area contributed by atoms with Gasteiger partial charge in [0, 0.05) is 25.1 Å². The molecule has 2 aromatic carbocycles. The van der Waals surface area contributed by atoms with Crippen LogP contribution in [0.25, 0.3) is 21.7 Å². The Morgan fingerprint density at radius 3 is 2.64 bits per heavy atom. The number of benzene rings is 2. The summed E-state index contributed by atoms with van der Waals surface area (Å²) in [5.41, 5.74) is 1.72. The minimum absolute atomic E-state index is 0.178. The number of pyridine rings is 1. The van der Waals surface area contributed by atoms with E-state index in [2.05, 4.69) is 9.97 Å². The van der Waals surface area contributed by atoms with Crippen LogP contribution in [-0.4, -0.2) is 39.0 Å². The average Bonchev–Trinajstić information content (AvgIpc) is 2.80. The van der Waals surface area contributed by atoms with E-state index < -0.39 is 18.1 Å². The maximum absolute atomic E-state index is 13.5. The van der Waals surface area contributed by atoms with Gasteiger partial charge in [-0.3, -0.25) is 14.3 Å². The van der Waals surface area contributed by atoms with Crippen LogP contribution in [-0.2, 0) is 17.1 Å². The lowest BCUT2D eigenvalue weighted by atomic mass is 9.96. The van der Waals surface area contributed by atoms with Crippen LogP contribution < -0.4 is 5.56 Å². The Kier molecular flexibility index (Phi) is 5.42. The molecule has 3 heterocycles. The summed E-state index contributed by atoms with van der Waals surface area (Å²) in [4.78, 5) is 22.0. The molecule has 2 atom stereocenters. The average molecular weight is 451 g/mol. The number of aliphatic hydroxyl groups excluding tert-OH is 1. The van der Waals surface area contributed by atoms with Gasteiger partial charge in [0.15, 0.2) is 0 Å². The van der Waals surface area contributed by atoms with E-state index in [-0.39, 0.29) is 17.9 Å². The number of aromatic nitrogens is 3. The summed E-state index contributed by atoms with van der Waals surface area (Å²) >= 11 is 0. The van der Waals surface area contributed by atoms with Gasteiger partial charge >= 0.3 is 0 Å². The first kappa shape index (κ1) is 21.6. The number of rotatable bonds is 4. The van der Waals surface area contributed by atoms with Crippen molar-refractivity contribution in [1.82, 2.24) is 14.5 Å². The predicted molar refractivity (Wildman–Crippen MR) is 121 cm³/mol. The van der Waals surface area contributed by atoms with Crippen molar-refractivity contribution in [3.8, 4) is 0 Å². The van der Waals surface area contributed by atoms with Crippen molar-refractivity contribution in [2.45, 2.75) is 37.8 Å². The molecule has 6 nitrogen and oxygen atoms in total. The van der Waals surface area contributed by atoms with Gasteiger partial charge in [-0.2, -0.15) is 8.78 Å². The summed E-state index contributed by atoms with van der Waals surface area (Å²) in [6, 6.07) is 12.1. The largest absolute Gasteiger partial charge is 0.389 e. The van der Waals surface area contributed by atoms with Gasteiger partial charge in [-0.05, 0) is 41.5 Å². The maximum Gasteiger partial charge on any atom is 0.286 e. The SMILES string of the molecule is CC(F)(F)c1ccc(Cc2cc3c(=O)n([C@H]4CCOC[C@@H]4O)cnc3c3ccccc23)cn1. The van der Waals surface area contributed by atoms with Crippen LogP contribution in [0.15, 0.2) is 59.8 Å². The first-order valence-electron chi connectivity index (χ1n) is 10.8. The van der Waals surface area contributed by atoms with E-state index in [0.29, 0.717) is 30.4 Å². The number of nitrogens with zero attached hydrogens (tertiary/aromatic N) is 3. The Balaban J connectivity index is 1.63. The molecule has 0 amide bonds. The van der Waals surface area contributed by atoms with Crippen LogP contribution in [0.3, 0.4) is 0 Å². The van der Waals surface area contributed by atoms with Gasteiger partial charge in [0.2, 0.25) is 0 Å². The van der Waals surface area contributed by atoms with Crippen molar-refractivity contribution in [2.24, 2.45) is 0 Å². The van der Waals surface area contributed by atoms with E-state index in [9.17, 15) is 18.7 Å². The zero-order valence-electron chi connectivity index (χ0n) is 18.0. The van der Waals surface area contributed by atoms with Crippen molar-refractivity contribution in [3.05, 3.63) is 82.2 Å². The molecule has 0 spiro atoms. The number of hydrogen-bond donors (Lipinski definition) is 1. The van der Waals surface area contributed by atoms with Gasteiger partial charge in [-0.1, -0.05) is 30.3 Å². The zero-order valence-corrected chi connectivity index (χ0v) is 18.0. The first-order chi connectivity index (χ1) is 15.8. The molecule has 0 aliphatic carbocycles. The van der Waals surface area contributed by atoms with Gasteiger partial charge < -0.3 is 9.84 Å². The minimum Gasteiger partial charge on any atom is -0.389 e. The lowest BCUT2D eigenvalue weighted by molar-refractivity contribution is -0.0395. The highest BCUT2D eigenvalue weighted by molar-refractivity contribution is 6.06. The Hall–Kier alpha value is -3.23. The van der Waals surface area contributed by atoms with Crippen molar-refractivity contribution in [1.29, 1.82) is 0 Å². The minimum atomic E-state index is -3.00. The third-order valence-electron chi connectivity index (χ3n) is 6.20. The van der Waals surface area contributed by atoms with Crippen LogP contribution in [0.4, 0.5) is 8.78 Å². The second-order valence-electron chi connectivity index (χ2n) is 8.55. The fraction of sp³-hybridized carbons (Fsp3) is 0.320. The molecule has 0 radical (unpaired) electrons. The number of ether oxygens (including phenoxy) is 1. The molecule has 1 aliphatic heterocycles. The zero-order chi connectivity index (χ0) is 23.2. The van der Waals surface area contributed by atoms with Crippen LogP contribution in [0.1, 0.15) is 36.2 Å². The smallest absolute Gasteiger partial charge is 0.286 e. The molecule has 33 heavy (non-hydrogen) atoms. The standard InChI is InChI=1S/C25H23F2N3O3/c1-25(26,27)22-7-6-15(12-28-22)10-16-11-19-23(18-5-3-2-4-17(16)18)29-14-30(24(19)32)20-8-9-33-13-21(20)31/h2-7,11-12,14,20-21,31H,8-10,13H2,1H3/t20-,21-/m0/s1. The molecule has 170 valence electrons. The van der Waals surface area contributed by atoms with Crippen LogP contribution in [0, 0.1) is 0 Å². The number of hydrogen-bond acceptors (Lipinski definition) is 5. The third-order valence-corrected chi connectivity index (χ3v) is 6.20. The Labute approximate surface area is 188 Å². The van der Waals surface area contributed by atoms with Crippen molar-refractivity contribution in [2.75, 3.05) is 13.2 Å². The first-order valence-corrected chi connectivity index (χ1v) is 10.8. The summed E-state index contributed by atoms with van der Waals surface area (Å²) < 4.78 is 33.8. The molecule has 1 saturated heterocycles. The molecule has 8 heteroatoms. The van der Waals surface area contributed by atoms with E-state index >= 15 is 0 Å². The van der Waals surface area contributed by atoms with Crippen molar-refractivity contribution in [3.63, 3.8) is 0 Å². The molecule has 0 saturated carbocycles. The van der Waals surface area contributed by atoms with E-state index in [1.807, 2.05) is 30.3 Å². The predicted octanol–water partition coefficient (Wildman–Crippen LogP) is 3.97. The fourth-order valence-electron chi connectivity index (χ4n) is 4.48. The van der Waals surface area contributed by atoms with E-state index in [1.54, 1.807) is 6.07 Å². The van der Waals surface area contributed by atoms with Crippen LogP contribution in [0.5, 0.6) is 0 Å². The van der Waals surface area contributed by atoms with Crippen LogP contribution in [0.2, 0.25) is 0 Å². The molecular formula is C25H23F2N3O3. The van der Waals surface area contributed by atoms with Gasteiger partial charge in [-0.25, -0.2) is 4.98 Å². The molecule has 1 fully saturated rings. The highest BCUT2D eigenvalue weighted by Crippen LogP contribution is 2.29. The second kappa shape index (κ2) is 8.28. The summed E-state index contributed by atoms with van der Waals surface area (Å²) in [7, 11) is 0. The Bertz CT molecular complexity index is 1380. The molecule has 1 N–H and O–H groups in total. The summed E-state index contributed by atoms with van der Waals surface area (Å²) in [6.07, 6.45) is 3.12. The Morgan fingerprint density at radius 1 is 1.15 bits per heavy atom. The molecule has 2 aromatic heterocycles. The number of halogens is 2. The van der Waals surface area contributed by atoms with E-state index in [1.165, 1.54) is 23.2 Å². The summed E-state index contributed by atoms with van der Waals surface area (Å²) in [6.45, 7) is 1.46. The maximum atomic E-state index is 13.5. The summed E-state index contributed by atoms with van der Waals surface area (Å²) in [5, 5.41) is 12.6. The fourth-order valence-corrected chi connectivity index (χ4v) is 4.48. The Morgan fingerprint density at radius 2 is 1.94 bits per heavy atom. The lowest BCUT2D eigenvalue weighted by Crippen LogP contribution is -2.39. The molecule has 0 bridgehead atoms. The highest BCUT2D eigenvalue weighted by atomic mass is 19.3. The van der Waals surface area contributed by atoms with Gasteiger partial charge in [0.05, 0.1) is 36.0 Å². The molecular weight excluding hydrogens is 428 g/mol. The lowest BCUT2D eigenvalue weighted by Gasteiger charge is -2.29. The van der Waals surface area contributed by atoms with E-state index in [0.717, 1.165) is 28.8 Å². The monoisotopic (exact) mass is 451 g/mol. The number of alkyl halides is 2. The third kappa shape index (κ3) is 4.00. The van der Waals surface area contributed by atoms with Crippen molar-refractivity contribution < 1.29 is 18.6 Å². The number of fused-ring (bicyclic) bond motifs is 3. The molecule has 1 aliphatic rings. The second-order valence-corrected chi connectivity index (χ2v) is 8.55. The molecule has 0 unspecified atom stereocenters. The normalized spacial score (nSPS) is 19.3. The van der Waals surface area contributed by atoms with Gasteiger partial charge in [-0.15, -0.1) is 0 Å². The molecule has 5 rings (SSSR count). The van der Waals surface area contributed by atoms with E-state index in [4.69, 9.17) is 4.74 Å². The quantitative estimate of drug-likeness (QED) is 0.475.